The smallest absolute Gasteiger partial charge is 0.416 e. The first-order valence-electron chi connectivity index (χ1n) is 20.6. The fraction of sp³-hybridized carbons (Fsp3) is 0.188. The van der Waals surface area contributed by atoms with Crippen LogP contribution in [0.1, 0.15) is 50.1 Å². The maximum atomic E-state index is 14.2. The van der Waals surface area contributed by atoms with Crippen molar-refractivity contribution in [3.8, 4) is 5.75 Å². The molecule has 6 aromatic carbocycles. The van der Waals surface area contributed by atoms with Gasteiger partial charge in [0.05, 0.1) is 49.9 Å². The number of hydrogen-bond acceptors (Lipinski definition) is 1. The Labute approximate surface area is 405 Å². The van der Waals surface area contributed by atoms with Gasteiger partial charge in [0.2, 0.25) is 5.52 Å². The van der Waals surface area contributed by atoms with Gasteiger partial charge in [-0.2, -0.15) is 132 Å². The predicted octanol–water partition coefficient (Wildman–Crippen LogP) is 14.1. The number of pyridine rings is 1. The van der Waals surface area contributed by atoms with Gasteiger partial charge in [-0.1, -0.05) is 78.9 Å². The summed E-state index contributed by atoms with van der Waals surface area (Å²) >= 11 is 0. The highest BCUT2D eigenvalue weighted by molar-refractivity contribution is 7.20. The molecule has 0 spiro atoms. The second-order valence-electron chi connectivity index (χ2n) is 16.6. The van der Waals surface area contributed by atoms with Gasteiger partial charge in [0.25, 0.3) is 0 Å². The van der Waals surface area contributed by atoms with Gasteiger partial charge < -0.3 is 5.11 Å². The van der Waals surface area contributed by atoms with E-state index in [4.69, 9.17) is 0 Å². The Kier molecular flexibility index (Phi) is 14.9. The van der Waals surface area contributed by atoms with Gasteiger partial charge in [-0.05, 0) is 42.5 Å². The number of nitrogens with zero attached hydrogens (tertiary/aromatic N) is 1. The number of benzene rings is 6. The SMILES string of the molecule is FC(F)(F)c1cc([B-](c2cc(C(F)(F)F)cc(C(F)(F)F)c2)(c2cc(C(F)(F)F)cc(C(F)(F)F)c2)c2cc(C(F)(F)F)cc(C(F)(F)F)c2)cc(C(F)(F)F)c1.Oc1ccc2c(ccc[n+]2Cc2ccccc2)c1. The maximum Gasteiger partial charge on any atom is 0.416 e. The Morgan fingerprint density at radius 2 is 0.600 bits per heavy atom. The van der Waals surface area contributed by atoms with Crippen molar-refractivity contribution in [3.05, 3.63) is 190 Å². The lowest BCUT2D eigenvalue weighted by Gasteiger charge is -2.46. The summed E-state index contributed by atoms with van der Waals surface area (Å²) in [6.07, 6.45) is -52.7. The van der Waals surface area contributed by atoms with Crippen LogP contribution in [0.25, 0.3) is 10.9 Å². The first-order chi connectivity index (χ1) is 34.1. The van der Waals surface area contributed by atoms with Crippen molar-refractivity contribution in [1.82, 2.24) is 0 Å². The summed E-state index contributed by atoms with van der Waals surface area (Å²) in [5, 5.41) is 10.6. The number of rotatable bonds is 6. The van der Waals surface area contributed by atoms with E-state index in [1.54, 1.807) is 12.1 Å². The van der Waals surface area contributed by atoms with E-state index >= 15 is 0 Å². The van der Waals surface area contributed by atoms with Crippen molar-refractivity contribution in [2.24, 2.45) is 0 Å². The zero-order chi connectivity index (χ0) is 56.3. The fourth-order valence-corrected chi connectivity index (χ4v) is 8.26. The number of halogens is 24. The number of alkyl halides is 24. The van der Waals surface area contributed by atoms with E-state index in [1.807, 2.05) is 36.4 Å². The highest BCUT2D eigenvalue weighted by Gasteiger charge is 2.47. The molecule has 0 amide bonds. The van der Waals surface area contributed by atoms with Crippen molar-refractivity contribution in [2.45, 2.75) is 56.0 Å². The summed E-state index contributed by atoms with van der Waals surface area (Å²) < 4.78 is 343. The average Bonchev–Trinajstić information content (AvgIpc) is 3.27. The Morgan fingerprint density at radius 1 is 0.320 bits per heavy atom. The molecule has 0 bridgehead atoms. The lowest BCUT2D eigenvalue weighted by molar-refractivity contribution is -0.662. The molecular weight excluding hydrogens is 1070 g/mol. The van der Waals surface area contributed by atoms with Crippen LogP contribution >= 0.6 is 0 Å². The Balaban J connectivity index is 0.000000421. The van der Waals surface area contributed by atoms with Crippen LogP contribution in [0.4, 0.5) is 105 Å². The van der Waals surface area contributed by atoms with Crippen LogP contribution in [-0.2, 0) is 56.0 Å². The minimum atomic E-state index is -6.13. The summed E-state index contributed by atoms with van der Waals surface area (Å²) in [6, 6.07) is 11.0. The predicted molar refractivity (Wildman–Crippen MR) is 221 cm³/mol. The molecule has 0 unspecified atom stereocenters. The molecule has 27 heteroatoms. The van der Waals surface area contributed by atoms with Gasteiger partial charge in [-0.25, -0.2) is 0 Å². The van der Waals surface area contributed by atoms with E-state index in [-0.39, 0.29) is 0 Å². The third kappa shape index (κ3) is 12.9. The molecule has 0 aliphatic heterocycles. The van der Waals surface area contributed by atoms with E-state index in [0.29, 0.717) is 5.75 Å². The molecular formula is C48H26BF24NO. The normalized spacial score (nSPS) is 13.4. The number of fused-ring (bicyclic) bond motifs is 1. The van der Waals surface area contributed by atoms with E-state index in [2.05, 4.69) is 22.9 Å². The minimum absolute atomic E-state index is 0.306. The molecule has 7 aromatic rings. The van der Waals surface area contributed by atoms with Crippen molar-refractivity contribution >= 4 is 38.9 Å². The third-order valence-electron chi connectivity index (χ3n) is 11.5. The van der Waals surface area contributed by atoms with E-state index in [0.717, 1.165) is 17.4 Å². The summed E-state index contributed by atoms with van der Waals surface area (Å²) in [5.74, 6) is 0.306. The largest absolute Gasteiger partial charge is 0.508 e. The van der Waals surface area contributed by atoms with Crippen LogP contribution in [0.15, 0.2) is 140 Å². The zero-order valence-corrected chi connectivity index (χ0v) is 36.5. The number of aromatic nitrogens is 1. The summed E-state index contributed by atoms with van der Waals surface area (Å²) in [4.78, 5) is 0. The lowest BCUT2D eigenvalue weighted by Crippen LogP contribution is -2.75. The van der Waals surface area contributed by atoms with E-state index in [9.17, 15) is 110 Å². The standard InChI is InChI=1S/C32H12BF24.C16H13NO/c34-25(35,36)13-1-14(26(37,38)39)6-21(5-13)33(22-7-15(27(40,41)42)2-16(8-22)28(43,44)45,23-9-17(29(46,47)48)3-18(10-23)30(49,50)51)24-11-19(31(52,53)54)4-20(12-24)32(55,56)57;18-15-8-9-16-14(11-15)7-4-10-17(16)12-13-5-2-1-3-6-13/h1-12H;1-11H,12H2/q-1;/p+1. The molecule has 2 nitrogen and oxygen atoms in total. The van der Waals surface area contributed by atoms with E-state index < -0.39 is 195 Å². The van der Waals surface area contributed by atoms with Gasteiger partial charge in [0, 0.05) is 17.7 Å². The van der Waals surface area contributed by atoms with Gasteiger partial charge in [-0.3, -0.25) is 0 Å². The lowest BCUT2D eigenvalue weighted by atomic mass is 9.12. The molecule has 0 aliphatic rings. The van der Waals surface area contributed by atoms with Crippen LogP contribution < -0.4 is 26.4 Å². The molecule has 0 fully saturated rings. The summed E-state index contributed by atoms with van der Waals surface area (Å²) in [7, 11) is 0. The quantitative estimate of drug-likeness (QED) is 0.100. The third-order valence-corrected chi connectivity index (χ3v) is 11.5. The first kappa shape index (κ1) is 57.2. The molecule has 0 aliphatic carbocycles. The minimum Gasteiger partial charge on any atom is -0.508 e. The van der Waals surface area contributed by atoms with Crippen molar-refractivity contribution < 1.29 is 115 Å². The molecule has 0 saturated heterocycles. The second kappa shape index (κ2) is 19.6. The molecule has 1 N–H and O–H groups in total. The van der Waals surface area contributed by atoms with Gasteiger partial charge in [0.15, 0.2) is 12.7 Å². The Hall–Kier alpha value is -7.09. The van der Waals surface area contributed by atoms with Crippen LogP contribution in [0.5, 0.6) is 5.75 Å². The van der Waals surface area contributed by atoms with Crippen LogP contribution in [0.2, 0.25) is 0 Å². The summed E-state index contributed by atoms with van der Waals surface area (Å²) in [5.41, 5.74) is -27.8. The maximum absolute atomic E-state index is 14.2. The van der Waals surface area contributed by atoms with Crippen molar-refractivity contribution in [3.63, 3.8) is 0 Å². The highest BCUT2D eigenvalue weighted by Crippen LogP contribution is 2.41. The first-order valence-corrected chi connectivity index (χ1v) is 20.6. The van der Waals surface area contributed by atoms with Crippen molar-refractivity contribution in [2.75, 3.05) is 0 Å². The van der Waals surface area contributed by atoms with Crippen molar-refractivity contribution in [1.29, 1.82) is 0 Å². The Bertz CT molecular complexity index is 2760. The number of phenols is 1. The average molecular weight is 1100 g/mol. The van der Waals surface area contributed by atoms with Gasteiger partial charge in [0.1, 0.15) is 11.9 Å². The molecule has 1 heterocycles. The topological polar surface area (TPSA) is 24.1 Å². The van der Waals surface area contributed by atoms with Crippen LogP contribution in [0, 0.1) is 0 Å². The number of phenolic OH excluding ortho intramolecular Hbond substituents is 1. The molecule has 400 valence electrons. The van der Waals surface area contributed by atoms with Crippen LogP contribution in [-0.4, -0.2) is 11.3 Å². The zero-order valence-electron chi connectivity index (χ0n) is 36.5. The monoisotopic (exact) mass is 1100 g/mol. The van der Waals surface area contributed by atoms with E-state index in [1.165, 1.54) is 5.56 Å². The number of aromatic hydroxyl groups is 1. The molecule has 0 atom stereocenters. The highest BCUT2D eigenvalue weighted by atomic mass is 19.4. The second-order valence-corrected chi connectivity index (χ2v) is 16.6. The number of hydrogen-bond donors (Lipinski definition) is 1. The molecule has 1 aromatic heterocycles. The molecule has 7 rings (SSSR count). The molecule has 0 saturated carbocycles. The molecule has 0 radical (unpaired) electrons. The van der Waals surface area contributed by atoms with Crippen LogP contribution in [0.3, 0.4) is 0 Å². The Morgan fingerprint density at radius 3 is 0.867 bits per heavy atom. The van der Waals surface area contributed by atoms with Gasteiger partial charge in [-0.15, -0.1) is 0 Å². The molecule has 75 heavy (non-hydrogen) atoms. The van der Waals surface area contributed by atoms with Gasteiger partial charge >= 0.3 is 49.4 Å². The fourth-order valence-electron chi connectivity index (χ4n) is 8.26. The summed E-state index contributed by atoms with van der Waals surface area (Å²) in [6.45, 7) is 0.836.